The highest BCUT2D eigenvalue weighted by molar-refractivity contribution is 6.33. The molecule has 0 aliphatic carbocycles. The van der Waals surface area contributed by atoms with E-state index in [9.17, 15) is 15.0 Å². The Labute approximate surface area is 139 Å². The second-order valence-corrected chi connectivity index (χ2v) is 6.16. The SMILES string of the molecule is O=C(c1ccc(O)cc1)c1cc(Cl)c(O)c(N2CCCCC2)c1. The molecule has 1 aliphatic rings. The van der Waals surface area contributed by atoms with Crippen LogP contribution < -0.4 is 4.90 Å². The predicted molar refractivity (Wildman–Crippen MR) is 90.7 cm³/mol. The monoisotopic (exact) mass is 331 g/mol. The molecular formula is C18H18ClNO3. The molecule has 0 saturated carbocycles. The molecule has 2 N–H and O–H groups in total. The average molecular weight is 332 g/mol. The lowest BCUT2D eigenvalue weighted by molar-refractivity contribution is 0.103. The van der Waals surface area contributed by atoms with Crippen LogP contribution in [0, 0.1) is 0 Å². The van der Waals surface area contributed by atoms with Crippen molar-refractivity contribution in [2.75, 3.05) is 18.0 Å². The lowest BCUT2D eigenvalue weighted by atomic mass is 10.0. The highest BCUT2D eigenvalue weighted by Crippen LogP contribution is 2.37. The van der Waals surface area contributed by atoms with Gasteiger partial charge in [0, 0.05) is 24.2 Å². The number of hydrogen-bond acceptors (Lipinski definition) is 4. The lowest BCUT2D eigenvalue weighted by Gasteiger charge is -2.29. The van der Waals surface area contributed by atoms with Crippen molar-refractivity contribution in [3.05, 3.63) is 52.5 Å². The fourth-order valence-corrected chi connectivity index (χ4v) is 3.09. The molecule has 2 aromatic rings. The quantitative estimate of drug-likeness (QED) is 0.835. The third kappa shape index (κ3) is 3.27. The molecule has 5 heteroatoms. The lowest BCUT2D eigenvalue weighted by Crippen LogP contribution is -2.29. The maximum absolute atomic E-state index is 12.6. The molecule has 1 fully saturated rings. The van der Waals surface area contributed by atoms with Crippen LogP contribution in [0.2, 0.25) is 5.02 Å². The van der Waals surface area contributed by atoms with E-state index in [2.05, 4.69) is 4.90 Å². The Morgan fingerprint density at radius 1 is 0.957 bits per heavy atom. The number of benzene rings is 2. The summed E-state index contributed by atoms with van der Waals surface area (Å²) in [6.45, 7) is 1.70. The van der Waals surface area contributed by atoms with Gasteiger partial charge in [0.15, 0.2) is 11.5 Å². The Kier molecular flexibility index (Phi) is 4.44. The molecule has 1 aliphatic heterocycles. The van der Waals surface area contributed by atoms with E-state index in [1.54, 1.807) is 18.2 Å². The standard InChI is InChI=1S/C18H18ClNO3/c19-15-10-13(17(22)12-4-6-14(21)7-5-12)11-16(18(15)23)20-8-2-1-3-9-20/h4-7,10-11,21,23H,1-3,8-9H2. The molecule has 1 heterocycles. The van der Waals surface area contributed by atoms with Crippen LogP contribution in [-0.2, 0) is 0 Å². The van der Waals surface area contributed by atoms with Crippen LogP contribution in [0.15, 0.2) is 36.4 Å². The van der Waals surface area contributed by atoms with Gasteiger partial charge in [0.2, 0.25) is 0 Å². The van der Waals surface area contributed by atoms with Gasteiger partial charge in [-0.3, -0.25) is 4.79 Å². The summed E-state index contributed by atoms with van der Waals surface area (Å²) in [6, 6.07) is 9.26. The molecule has 0 aromatic heterocycles. The number of rotatable bonds is 3. The van der Waals surface area contributed by atoms with Crippen molar-refractivity contribution in [2.45, 2.75) is 19.3 Å². The molecule has 0 amide bonds. The van der Waals surface area contributed by atoms with E-state index >= 15 is 0 Å². The molecule has 0 radical (unpaired) electrons. The van der Waals surface area contributed by atoms with E-state index < -0.39 is 0 Å². The molecule has 0 atom stereocenters. The van der Waals surface area contributed by atoms with Crippen molar-refractivity contribution in [2.24, 2.45) is 0 Å². The van der Waals surface area contributed by atoms with E-state index in [-0.39, 0.29) is 22.3 Å². The first-order valence-electron chi connectivity index (χ1n) is 7.67. The summed E-state index contributed by atoms with van der Waals surface area (Å²) < 4.78 is 0. The molecule has 0 bridgehead atoms. The second-order valence-electron chi connectivity index (χ2n) is 5.75. The van der Waals surface area contributed by atoms with Crippen LogP contribution in [0.1, 0.15) is 35.2 Å². The number of aromatic hydroxyl groups is 2. The van der Waals surface area contributed by atoms with Gasteiger partial charge in [0.1, 0.15) is 5.75 Å². The van der Waals surface area contributed by atoms with E-state index in [1.807, 2.05) is 0 Å². The van der Waals surface area contributed by atoms with Crippen molar-refractivity contribution in [1.29, 1.82) is 0 Å². The van der Waals surface area contributed by atoms with Crippen molar-refractivity contribution >= 4 is 23.1 Å². The maximum atomic E-state index is 12.6. The number of piperidine rings is 1. The van der Waals surface area contributed by atoms with Crippen molar-refractivity contribution in [3.8, 4) is 11.5 Å². The number of ketones is 1. The Hall–Kier alpha value is -2.20. The van der Waals surface area contributed by atoms with Gasteiger partial charge in [-0.15, -0.1) is 0 Å². The number of carbonyl (C=O) groups excluding carboxylic acids is 1. The van der Waals surface area contributed by atoms with Crippen LogP contribution in [-0.4, -0.2) is 29.1 Å². The van der Waals surface area contributed by atoms with Gasteiger partial charge in [0.25, 0.3) is 0 Å². The molecule has 0 spiro atoms. The largest absolute Gasteiger partial charge is 0.508 e. The van der Waals surface area contributed by atoms with E-state index in [1.165, 1.54) is 24.6 Å². The number of anilines is 1. The summed E-state index contributed by atoms with van der Waals surface area (Å²) >= 11 is 6.13. The maximum Gasteiger partial charge on any atom is 0.193 e. The van der Waals surface area contributed by atoms with Crippen LogP contribution in [0.25, 0.3) is 0 Å². The zero-order valence-corrected chi connectivity index (χ0v) is 13.4. The van der Waals surface area contributed by atoms with Gasteiger partial charge in [-0.2, -0.15) is 0 Å². The first-order valence-corrected chi connectivity index (χ1v) is 8.05. The predicted octanol–water partition coefficient (Wildman–Crippen LogP) is 3.97. The Morgan fingerprint density at radius 3 is 2.26 bits per heavy atom. The van der Waals surface area contributed by atoms with Crippen LogP contribution in [0.3, 0.4) is 0 Å². The highest BCUT2D eigenvalue weighted by Gasteiger charge is 2.20. The van der Waals surface area contributed by atoms with Crippen molar-refractivity contribution < 1.29 is 15.0 Å². The van der Waals surface area contributed by atoms with Crippen molar-refractivity contribution in [1.82, 2.24) is 0 Å². The molecule has 1 saturated heterocycles. The third-order valence-corrected chi connectivity index (χ3v) is 4.42. The first kappa shape index (κ1) is 15.7. The third-order valence-electron chi connectivity index (χ3n) is 4.13. The fraction of sp³-hybridized carbons (Fsp3) is 0.278. The Morgan fingerprint density at radius 2 is 1.61 bits per heavy atom. The van der Waals surface area contributed by atoms with Crippen LogP contribution >= 0.6 is 11.6 Å². The van der Waals surface area contributed by atoms with Crippen LogP contribution in [0.4, 0.5) is 5.69 Å². The topological polar surface area (TPSA) is 60.8 Å². The first-order chi connectivity index (χ1) is 11.1. The number of nitrogens with zero attached hydrogens (tertiary/aromatic N) is 1. The van der Waals surface area contributed by atoms with E-state index in [4.69, 9.17) is 11.6 Å². The number of phenolic OH excluding ortho intramolecular Hbond substituents is 2. The number of halogens is 1. The van der Waals surface area contributed by atoms with Gasteiger partial charge in [-0.25, -0.2) is 0 Å². The Balaban J connectivity index is 1.97. The molecule has 23 heavy (non-hydrogen) atoms. The summed E-state index contributed by atoms with van der Waals surface area (Å²) in [5.74, 6) is -0.0553. The minimum absolute atomic E-state index is 0.0239. The molecule has 3 rings (SSSR count). The highest BCUT2D eigenvalue weighted by atomic mass is 35.5. The summed E-state index contributed by atoms with van der Waals surface area (Å²) in [4.78, 5) is 14.7. The summed E-state index contributed by atoms with van der Waals surface area (Å²) in [7, 11) is 0. The summed E-state index contributed by atoms with van der Waals surface area (Å²) in [5, 5.41) is 19.8. The summed E-state index contributed by atoms with van der Waals surface area (Å²) in [5.41, 5.74) is 1.51. The van der Waals surface area contributed by atoms with Gasteiger partial charge in [-0.1, -0.05) is 11.6 Å². The molecule has 120 valence electrons. The molecule has 4 nitrogen and oxygen atoms in total. The zero-order valence-electron chi connectivity index (χ0n) is 12.6. The molecular weight excluding hydrogens is 314 g/mol. The fourth-order valence-electron chi connectivity index (χ4n) is 2.87. The smallest absolute Gasteiger partial charge is 0.193 e. The van der Waals surface area contributed by atoms with E-state index in [0.29, 0.717) is 16.8 Å². The van der Waals surface area contributed by atoms with Crippen molar-refractivity contribution in [3.63, 3.8) is 0 Å². The van der Waals surface area contributed by atoms with Crippen LogP contribution in [0.5, 0.6) is 11.5 Å². The molecule has 2 aromatic carbocycles. The molecule has 0 unspecified atom stereocenters. The number of phenols is 2. The average Bonchev–Trinajstić information content (AvgIpc) is 2.58. The van der Waals surface area contributed by atoms with Gasteiger partial charge in [0.05, 0.1) is 10.7 Å². The minimum Gasteiger partial charge on any atom is -0.508 e. The van der Waals surface area contributed by atoms with Gasteiger partial charge in [-0.05, 0) is 55.7 Å². The minimum atomic E-state index is -0.190. The Bertz CT molecular complexity index is 722. The zero-order chi connectivity index (χ0) is 16.4. The van der Waals surface area contributed by atoms with Gasteiger partial charge >= 0.3 is 0 Å². The van der Waals surface area contributed by atoms with Gasteiger partial charge < -0.3 is 15.1 Å². The van der Waals surface area contributed by atoms with E-state index in [0.717, 1.165) is 25.9 Å². The normalized spacial score (nSPS) is 14.7. The number of hydrogen-bond donors (Lipinski definition) is 2. The summed E-state index contributed by atoms with van der Waals surface area (Å²) in [6.07, 6.45) is 3.30. The second kappa shape index (κ2) is 6.50. The number of carbonyl (C=O) groups is 1.